The molecule has 44 heavy (non-hydrogen) atoms. The first kappa shape index (κ1) is 37.1. The van der Waals surface area contributed by atoms with Gasteiger partial charge in [0.05, 0.1) is 23.2 Å². The van der Waals surface area contributed by atoms with Crippen molar-refractivity contribution >= 4 is 11.9 Å². The molecule has 0 bridgehead atoms. The minimum atomic E-state index is -4.52. The van der Waals surface area contributed by atoms with Crippen LogP contribution in [0.25, 0.3) is 0 Å². The minimum absolute atomic E-state index is 0.0440. The summed E-state index contributed by atoms with van der Waals surface area (Å²) in [7, 11) is 0. The molecule has 0 aliphatic heterocycles. The molecule has 2 unspecified atom stereocenters. The number of aliphatic hydroxyl groups excluding tert-OH is 3. The van der Waals surface area contributed by atoms with E-state index in [1.54, 1.807) is 6.08 Å². The van der Waals surface area contributed by atoms with E-state index in [1.165, 1.54) is 32.1 Å². The third-order valence-corrected chi connectivity index (χ3v) is 6.88. The van der Waals surface area contributed by atoms with Gasteiger partial charge in [0.1, 0.15) is 37.2 Å². The number of benzene rings is 1. The van der Waals surface area contributed by atoms with Crippen molar-refractivity contribution in [3.05, 3.63) is 54.1 Å². The molecule has 7 atom stereocenters. The summed E-state index contributed by atoms with van der Waals surface area (Å²) in [5.74, 6) is -1.93. The number of halogens is 3. The van der Waals surface area contributed by atoms with E-state index in [0.29, 0.717) is 19.3 Å². The summed E-state index contributed by atoms with van der Waals surface area (Å²) >= 11 is 0. The Morgan fingerprint density at radius 2 is 1.86 bits per heavy atom. The lowest BCUT2D eigenvalue weighted by molar-refractivity contribution is -0.494. The van der Waals surface area contributed by atoms with E-state index in [4.69, 9.17) is 19.9 Å². The lowest BCUT2D eigenvalue weighted by atomic mass is 9.89. The van der Waals surface area contributed by atoms with Gasteiger partial charge >= 0.3 is 12.1 Å². The predicted molar refractivity (Wildman–Crippen MR) is 148 cm³/mol. The second-order valence-corrected chi connectivity index (χ2v) is 10.6. The molecular formula is C29H41F3N2O10. The van der Waals surface area contributed by atoms with Crippen molar-refractivity contribution in [3.8, 4) is 5.75 Å². The van der Waals surface area contributed by atoms with E-state index in [2.05, 4.69) is 10.2 Å². The molecule has 12 nitrogen and oxygen atoms in total. The number of nitrogens with zero attached hydrogens (tertiary/aromatic N) is 1. The van der Waals surface area contributed by atoms with E-state index in [9.17, 15) is 38.1 Å². The Morgan fingerprint density at radius 3 is 2.55 bits per heavy atom. The molecule has 1 saturated carbocycles. The van der Waals surface area contributed by atoms with Crippen molar-refractivity contribution in [2.75, 3.05) is 13.2 Å². The van der Waals surface area contributed by atoms with E-state index in [-0.39, 0.29) is 43.6 Å². The van der Waals surface area contributed by atoms with Gasteiger partial charge < -0.3 is 30.1 Å². The number of allylic oxidation sites excluding steroid dienone is 2. The first-order chi connectivity index (χ1) is 20.7. The van der Waals surface area contributed by atoms with Gasteiger partial charge in [0.2, 0.25) is 5.91 Å². The number of carbonyl (C=O) groups is 2. The molecule has 1 aliphatic rings. The van der Waals surface area contributed by atoms with Gasteiger partial charge in [-0.3, -0.25) is 15.2 Å². The molecule has 1 fully saturated rings. The van der Waals surface area contributed by atoms with Gasteiger partial charge in [0.15, 0.2) is 0 Å². The molecule has 0 radical (unpaired) electrons. The maximum absolute atomic E-state index is 12.9. The number of amides is 1. The van der Waals surface area contributed by atoms with E-state index in [1.807, 2.05) is 12.2 Å². The second-order valence-electron chi connectivity index (χ2n) is 10.6. The molecular weight excluding hydrogens is 593 g/mol. The Kier molecular flexibility index (Phi) is 15.2. The van der Waals surface area contributed by atoms with Crippen LogP contribution in [0.15, 0.2) is 48.6 Å². The highest BCUT2D eigenvalue weighted by Gasteiger charge is 2.39. The average Bonchev–Trinajstić information content (AvgIpc) is 3.22. The van der Waals surface area contributed by atoms with Crippen LogP contribution in [0.4, 0.5) is 13.2 Å². The molecule has 1 aromatic carbocycles. The lowest BCUT2D eigenvalue weighted by Crippen LogP contribution is -2.41. The smallest absolute Gasteiger partial charge is 0.416 e. The van der Waals surface area contributed by atoms with Crippen LogP contribution < -0.4 is 10.1 Å². The second kappa shape index (κ2) is 18.0. The summed E-state index contributed by atoms with van der Waals surface area (Å²) < 4.78 is 48.9. The Balaban J connectivity index is 1.74. The number of esters is 1. The van der Waals surface area contributed by atoms with Crippen molar-refractivity contribution in [2.45, 2.75) is 82.6 Å². The number of nitrogens with one attached hydrogen (secondary N) is 1. The largest absolute Gasteiger partial charge is 0.491 e. The van der Waals surface area contributed by atoms with Crippen molar-refractivity contribution < 1.29 is 62.8 Å². The van der Waals surface area contributed by atoms with Gasteiger partial charge in [0, 0.05) is 18.8 Å². The summed E-state index contributed by atoms with van der Waals surface area (Å²) in [5.41, 5.74) is -0.867. The van der Waals surface area contributed by atoms with Crippen LogP contribution in [-0.4, -0.2) is 86.7 Å². The minimum Gasteiger partial charge on any atom is -0.491 e. The lowest BCUT2D eigenvalue weighted by Gasteiger charge is -2.20. The zero-order chi connectivity index (χ0) is 32.9. The molecule has 0 saturated heterocycles. The van der Waals surface area contributed by atoms with E-state index < -0.39 is 59.5 Å². The monoisotopic (exact) mass is 634 g/mol. The quantitative estimate of drug-likeness (QED) is 0.0643. The summed E-state index contributed by atoms with van der Waals surface area (Å²) in [6.07, 6.45) is 0.285. The van der Waals surface area contributed by atoms with Crippen LogP contribution in [0.5, 0.6) is 5.75 Å². The molecule has 0 aromatic heterocycles. The molecule has 6 N–H and O–H groups in total. The number of alkyl halides is 3. The predicted octanol–water partition coefficient (Wildman–Crippen LogP) is 2.92. The summed E-state index contributed by atoms with van der Waals surface area (Å²) in [5, 5.41) is 50.1. The molecule has 1 aliphatic carbocycles. The van der Waals surface area contributed by atoms with Gasteiger partial charge in [-0.05, 0) is 57.2 Å². The first-order valence-corrected chi connectivity index (χ1v) is 14.2. The van der Waals surface area contributed by atoms with Crippen molar-refractivity contribution in [1.29, 1.82) is 0 Å². The van der Waals surface area contributed by atoms with Crippen LogP contribution in [0, 0.1) is 11.8 Å². The fourth-order valence-corrected chi connectivity index (χ4v) is 4.59. The Labute approximate surface area is 253 Å². The highest BCUT2D eigenvalue weighted by molar-refractivity contribution is 5.84. The molecule has 0 heterocycles. The van der Waals surface area contributed by atoms with Crippen molar-refractivity contribution in [3.63, 3.8) is 0 Å². The first-order valence-electron chi connectivity index (χ1n) is 14.2. The molecule has 2 rings (SSSR count). The number of ether oxygens (including phenoxy) is 2. The van der Waals surface area contributed by atoms with E-state index in [0.717, 1.165) is 12.1 Å². The SMILES string of the molecule is CC(CON(O)O)OC(=O)C(C)NC(=O)CCC/C=C\C[C@@H]1[C@@H](/C=C/[C@@H](O)COc2cccc(C(F)(F)F)c2)[C@H](O)C[C@@H]1O. The third-order valence-electron chi connectivity index (χ3n) is 6.88. The van der Waals surface area contributed by atoms with Crippen molar-refractivity contribution in [2.24, 2.45) is 11.8 Å². The van der Waals surface area contributed by atoms with Gasteiger partial charge in [-0.2, -0.15) is 13.2 Å². The van der Waals surface area contributed by atoms with Crippen LogP contribution >= 0.6 is 0 Å². The Morgan fingerprint density at radius 1 is 1.14 bits per heavy atom. The number of rotatable bonds is 17. The standard InChI is InChI=1S/C29H41F3N2O10/c1-18(16-43-34(40)41)44-28(39)19(2)33-27(38)11-6-4-3-5-10-23-24(26(37)15-25(23)36)13-12-21(35)17-42-22-9-7-8-20(14-22)29(30,31)32/h3,5,7-9,12-14,18-19,21,23-26,35-37,40-41H,4,6,10-11,15-17H2,1-2H3,(H,33,38)/b5-3-,13-12+/t18?,19?,21-,23-,24-,25+,26-/m1/s1. The zero-order valence-corrected chi connectivity index (χ0v) is 24.5. The van der Waals surface area contributed by atoms with Gasteiger partial charge in [-0.1, -0.05) is 30.4 Å². The highest BCUT2D eigenvalue weighted by Crippen LogP contribution is 2.36. The van der Waals surface area contributed by atoms with Crippen LogP contribution in [-0.2, 0) is 25.3 Å². The summed E-state index contributed by atoms with van der Waals surface area (Å²) in [4.78, 5) is 28.5. The fraction of sp³-hybridized carbons (Fsp3) is 0.586. The summed E-state index contributed by atoms with van der Waals surface area (Å²) in [6.45, 7) is 2.32. The van der Waals surface area contributed by atoms with E-state index >= 15 is 0 Å². The molecule has 0 spiro atoms. The van der Waals surface area contributed by atoms with Gasteiger partial charge in [0.25, 0.3) is 0 Å². The van der Waals surface area contributed by atoms with Crippen LogP contribution in [0.1, 0.15) is 51.5 Å². The fourth-order valence-electron chi connectivity index (χ4n) is 4.59. The Bertz CT molecular complexity index is 1100. The van der Waals surface area contributed by atoms with Crippen LogP contribution in [0.3, 0.4) is 0 Å². The number of aliphatic hydroxyl groups is 3. The van der Waals surface area contributed by atoms with Gasteiger partial charge in [-0.15, -0.1) is 0 Å². The molecule has 1 aromatic rings. The zero-order valence-electron chi connectivity index (χ0n) is 24.5. The maximum Gasteiger partial charge on any atom is 0.416 e. The molecule has 248 valence electrons. The molecule has 1 amide bonds. The maximum atomic E-state index is 12.9. The van der Waals surface area contributed by atoms with Gasteiger partial charge in [-0.25, -0.2) is 9.63 Å². The highest BCUT2D eigenvalue weighted by atomic mass is 19.4. The van der Waals surface area contributed by atoms with Crippen LogP contribution in [0.2, 0.25) is 0 Å². The third kappa shape index (κ3) is 13.3. The normalized spacial score (nSPS) is 22.8. The van der Waals surface area contributed by atoms with Crippen molar-refractivity contribution in [1.82, 2.24) is 10.7 Å². The molecule has 15 heteroatoms. The average molecular weight is 635 g/mol. The number of hydrogen-bond donors (Lipinski definition) is 6. The topological polar surface area (TPSA) is 178 Å². The Hall–Kier alpha value is -3.05. The number of carbonyl (C=O) groups excluding carboxylic acids is 2. The number of hydrogen-bond acceptors (Lipinski definition) is 11. The number of unbranched alkanes of at least 4 members (excludes halogenated alkanes) is 1. The summed E-state index contributed by atoms with van der Waals surface area (Å²) in [6, 6.07) is 3.38.